The molecule has 0 aliphatic rings. The van der Waals surface area contributed by atoms with Crippen LogP contribution in [0.25, 0.3) is 0 Å². The molecule has 98 valence electrons. The molecule has 0 heterocycles. The van der Waals surface area contributed by atoms with Crippen molar-refractivity contribution in [3.8, 4) is 5.75 Å². The van der Waals surface area contributed by atoms with E-state index < -0.39 is 0 Å². The van der Waals surface area contributed by atoms with Gasteiger partial charge in [0.2, 0.25) is 5.91 Å². The molecular weight excluding hydrogens is 262 g/mol. The van der Waals surface area contributed by atoms with E-state index >= 15 is 0 Å². The summed E-state index contributed by atoms with van der Waals surface area (Å²) in [5, 5.41) is 12.4. The zero-order chi connectivity index (χ0) is 13.8. The Morgan fingerprint density at radius 1 is 1.26 bits per heavy atom. The molecule has 4 heteroatoms. The standard InChI is InChI=1S/C15H14ClNO2/c1-10-3-2-4-11(7-10)8-15(19)17-12-5-6-13(16)14(18)9-12/h2-7,9,18H,8H2,1H3,(H,17,19). The molecule has 19 heavy (non-hydrogen) atoms. The van der Waals surface area contributed by atoms with E-state index in [0.717, 1.165) is 11.1 Å². The number of carbonyl (C=O) groups excluding carboxylic acids is 1. The Labute approximate surface area is 116 Å². The van der Waals surface area contributed by atoms with Crippen LogP contribution < -0.4 is 5.32 Å². The number of benzene rings is 2. The van der Waals surface area contributed by atoms with Crippen molar-refractivity contribution in [1.29, 1.82) is 0 Å². The average molecular weight is 276 g/mol. The molecule has 2 aromatic carbocycles. The summed E-state index contributed by atoms with van der Waals surface area (Å²) in [7, 11) is 0. The second-order valence-electron chi connectivity index (χ2n) is 4.38. The fourth-order valence-electron chi connectivity index (χ4n) is 1.80. The maximum absolute atomic E-state index is 11.9. The molecular formula is C15H14ClNO2. The van der Waals surface area contributed by atoms with Crippen LogP contribution >= 0.6 is 11.6 Å². The quantitative estimate of drug-likeness (QED) is 0.900. The molecule has 0 spiro atoms. The van der Waals surface area contributed by atoms with Crippen LogP contribution in [0.3, 0.4) is 0 Å². The molecule has 0 bridgehead atoms. The smallest absolute Gasteiger partial charge is 0.228 e. The normalized spacial score (nSPS) is 10.2. The maximum Gasteiger partial charge on any atom is 0.228 e. The van der Waals surface area contributed by atoms with Crippen molar-refractivity contribution in [2.45, 2.75) is 13.3 Å². The number of anilines is 1. The Morgan fingerprint density at radius 2 is 2.05 bits per heavy atom. The number of aryl methyl sites for hydroxylation is 1. The van der Waals surface area contributed by atoms with E-state index in [1.165, 1.54) is 6.07 Å². The highest BCUT2D eigenvalue weighted by molar-refractivity contribution is 6.32. The number of aromatic hydroxyl groups is 1. The Morgan fingerprint density at radius 3 is 2.74 bits per heavy atom. The molecule has 2 N–H and O–H groups in total. The lowest BCUT2D eigenvalue weighted by Gasteiger charge is -2.07. The van der Waals surface area contributed by atoms with Gasteiger partial charge in [0.15, 0.2) is 0 Å². The summed E-state index contributed by atoms with van der Waals surface area (Å²) in [4.78, 5) is 11.9. The largest absolute Gasteiger partial charge is 0.506 e. The first kappa shape index (κ1) is 13.4. The second-order valence-corrected chi connectivity index (χ2v) is 4.79. The number of amides is 1. The van der Waals surface area contributed by atoms with E-state index in [-0.39, 0.29) is 16.7 Å². The van der Waals surface area contributed by atoms with Crippen LogP contribution in [-0.4, -0.2) is 11.0 Å². The highest BCUT2D eigenvalue weighted by Gasteiger charge is 2.06. The third kappa shape index (κ3) is 3.73. The van der Waals surface area contributed by atoms with E-state index in [9.17, 15) is 9.90 Å². The molecule has 2 aromatic rings. The Balaban J connectivity index is 2.03. The van der Waals surface area contributed by atoms with Crippen LogP contribution in [0.15, 0.2) is 42.5 Å². The SMILES string of the molecule is Cc1cccc(CC(=O)Nc2ccc(Cl)c(O)c2)c1. The monoisotopic (exact) mass is 275 g/mol. The van der Waals surface area contributed by atoms with Crippen molar-refractivity contribution >= 4 is 23.2 Å². The van der Waals surface area contributed by atoms with Gasteiger partial charge in [-0.25, -0.2) is 0 Å². The van der Waals surface area contributed by atoms with Gasteiger partial charge in [-0.15, -0.1) is 0 Å². The lowest BCUT2D eigenvalue weighted by Crippen LogP contribution is -2.14. The minimum Gasteiger partial charge on any atom is -0.506 e. The van der Waals surface area contributed by atoms with Gasteiger partial charge in [0, 0.05) is 11.8 Å². The van der Waals surface area contributed by atoms with Gasteiger partial charge in [0.1, 0.15) is 5.75 Å². The molecule has 0 fully saturated rings. The fraction of sp³-hybridized carbons (Fsp3) is 0.133. The van der Waals surface area contributed by atoms with Gasteiger partial charge in [-0.2, -0.15) is 0 Å². The zero-order valence-corrected chi connectivity index (χ0v) is 11.2. The van der Waals surface area contributed by atoms with E-state index in [2.05, 4.69) is 5.32 Å². The molecule has 2 rings (SSSR count). The van der Waals surface area contributed by atoms with Crippen LogP contribution in [-0.2, 0) is 11.2 Å². The maximum atomic E-state index is 11.9. The lowest BCUT2D eigenvalue weighted by molar-refractivity contribution is -0.115. The van der Waals surface area contributed by atoms with Crippen molar-refractivity contribution in [1.82, 2.24) is 0 Å². The zero-order valence-electron chi connectivity index (χ0n) is 10.5. The van der Waals surface area contributed by atoms with E-state index in [0.29, 0.717) is 12.1 Å². The molecule has 0 saturated heterocycles. The third-order valence-corrected chi connectivity index (χ3v) is 3.00. The predicted molar refractivity (Wildman–Crippen MR) is 76.6 cm³/mol. The van der Waals surface area contributed by atoms with Crippen molar-refractivity contribution in [2.75, 3.05) is 5.32 Å². The molecule has 0 atom stereocenters. The fourth-order valence-corrected chi connectivity index (χ4v) is 1.92. The van der Waals surface area contributed by atoms with E-state index in [1.54, 1.807) is 12.1 Å². The first-order chi connectivity index (χ1) is 9.04. The van der Waals surface area contributed by atoms with E-state index in [1.807, 2.05) is 31.2 Å². The summed E-state index contributed by atoms with van der Waals surface area (Å²) in [6, 6.07) is 12.4. The van der Waals surface area contributed by atoms with Crippen molar-refractivity contribution < 1.29 is 9.90 Å². The lowest BCUT2D eigenvalue weighted by atomic mass is 10.1. The van der Waals surface area contributed by atoms with E-state index in [4.69, 9.17) is 11.6 Å². The highest BCUT2D eigenvalue weighted by Crippen LogP contribution is 2.26. The van der Waals surface area contributed by atoms with Crippen molar-refractivity contribution in [2.24, 2.45) is 0 Å². The summed E-state index contributed by atoms with van der Waals surface area (Å²) in [6.07, 6.45) is 0.297. The minimum atomic E-state index is -0.132. The molecule has 0 unspecified atom stereocenters. The molecule has 0 aromatic heterocycles. The van der Waals surface area contributed by atoms with Gasteiger partial charge in [-0.05, 0) is 24.6 Å². The number of hydrogen-bond acceptors (Lipinski definition) is 2. The van der Waals surface area contributed by atoms with Crippen LogP contribution in [0.1, 0.15) is 11.1 Å². The van der Waals surface area contributed by atoms with Gasteiger partial charge < -0.3 is 10.4 Å². The summed E-state index contributed by atoms with van der Waals surface area (Å²) >= 11 is 5.70. The molecule has 0 saturated carbocycles. The Hall–Kier alpha value is -2.00. The van der Waals surface area contributed by atoms with Crippen LogP contribution in [0.5, 0.6) is 5.75 Å². The van der Waals surface area contributed by atoms with Gasteiger partial charge >= 0.3 is 0 Å². The highest BCUT2D eigenvalue weighted by atomic mass is 35.5. The Bertz CT molecular complexity index is 611. The first-order valence-electron chi connectivity index (χ1n) is 5.88. The van der Waals surface area contributed by atoms with Crippen LogP contribution in [0, 0.1) is 6.92 Å². The van der Waals surface area contributed by atoms with Gasteiger partial charge in [0.05, 0.1) is 11.4 Å². The topological polar surface area (TPSA) is 49.3 Å². The van der Waals surface area contributed by atoms with Gasteiger partial charge in [-0.1, -0.05) is 41.4 Å². The minimum absolute atomic E-state index is 0.0463. The molecule has 3 nitrogen and oxygen atoms in total. The van der Waals surface area contributed by atoms with Gasteiger partial charge in [0.25, 0.3) is 0 Å². The third-order valence-electron chi connectivity index (χ3n) is 2.68. The summed E-state index contributed by atoms with van der Waals surface area (Å²) < 4.78 is 0. The number of phenolic OH excluding ortho intramolecular Hbond substituents is 1. The number of hydrogen-bond donors (Lipinski definition) is 2. The summed E-state index contributed by atoms with van der Waals surface area (Å²) in [5.74, 6) is -0.178. The van der Waals surface area contributed by atoms with Crippen LogP contribution in [0.2, 0.25) is 5.02 Å². The summed E-state index contributed by atoms with van der Waals surface area (Å²) in [6.45, 7) is 1.98. The number of carbonyl (C=O) groups is 1. The number of phenols is 1. The molecule has 0 aliphatic carbocycles. The Kier molecular flexibility index (Phi) is 4.07. The first-order valence-corrected chi connectivity index (χ1v) is 6.26. The molecule has 1 amide bonds. The second kappa shape index (κ2) is 5.76. The van der Waals surface area contributed by atoms with Crippen LogP contribution in [0.4, 0.5) is 5.69 Å². The number of rotatable bonds is 3. The average Bonchev–Trinajstić information content (AvgIpc) is 2.34. The summed E-state index contributed by atoms with van der Waals surface area (Å²) in [5.41, 5.74) is 2.60. The molecule has 0 aliphatic heterocycles. The van der Waals surface area contributed by atoms with Crippen molar-refractivity contribution in [3.63, 3.8) is 0 Å². The van der Waals surface area contributed by atoms with Gasteiger partial charge in [-0.3, -0.25) is 4.79 Å². The number of nitrogens with one attached hydrogen (secondary N) is 1. The molecule has 0 radical (unpaired) electrons. The predicted octanol–water partition coefficient (Wildman–Crippen LogP) is 3.54. The number of halogens is 1. The van der Waals surface area contributed by atoms with Crippen molar-refractivity contribution in [3.05, 3.63) is 58.6 Å².